The van der Waals surface area contributed by atoms with Gasteiger partial charge >= 0.3 is 20.9 Å². The summed E-state index contributed by atoms with van der Waals surface area (Å²) >= 11 is 0. The minimum Gasteiger partial charge on any atom is -0.387 e. The molecule has 0 amide bonds. The molecule has 29 heavy (non-hydrogen) atoms. The maximum atomic E-state index is 12.0. The number of hydrogen-bond acceptors (Lipinski definition) is 9. The van der Waals surface area contributed by atoms with Crippen molar-refractivity contribution in [3.63, 3.8) is 0 Å². The van der Waals surface area contributed by atoms with Crippen molar-refractivity contribution in [1.29, 1.82) is 0 Å². The van der Waals surface area contributed by atoms with E-state index >= 15 is 0 Å². The summed E-state index contributed by atoms with van der Waals surface area (Å²) in [6.45, 7) is 0.751. The van der Waals surface area contributed by atoms with Gasteiger partial charge in [0.15, 0.2) is 6.23 Å². The Hall–Kier alpha value is -0.750. The lowest BCUT2D eigenvalue weighted by Gasteiger charge is -2.20. The van der Waals surface area contributed by atoms with E-state index < -0.39 is 71.2 Å². The third-order valence-electron chi connectivity index (χ3n) is 3.83. The molecule has 14 nitrogen and oxygen atoms in total. The van der Waals surface area contributed by atoms with Gasteiger partial charge < -0.3 is 39.0 Å². The summed E-state index contributed by atoms with van der Waals surface area (Å²) in [5.74, 6) is -2.93. The van der Waals surface area contributed by atoms with E-state index in [1.54, 1.807) is 6.92 Å². The molecule has 2 heterocycles. The van der Waals surface area contributed by atoms with Crippen LogP contribution < -0.4 is 5.69 Å². The molecule has 1 aliphatic rings. The Bertz CT molecular complexity index is 944. The van der Waals surface area contributed by atoms with E-state index in [2.05, 4.69) is 9.51 Å². The molecule has 0 spiro atoms. The molecule has 1 aromatic heterocycles. The van der Waals surface area contributed by atoms with Crippen molar-refractivity contribution in [2.24, 2.45) is 0 Å². The Kier molecular flexibility index (Phi) is 7.42. The molecule has 0 radical (unpaired) electrons. The molecule has 17 heteroatoms. The third-order valence-corrected chi connectivity index (χ3v) is 10.8. The average Bonchev–Trinajstić information content (AvgIpc) is 2.78. The Morgan fingerprint density at radius 3 is 2.31 bits per heavy atom. The lowest BCUT2D eigenvalue weighted by Crippen LogP contribution is -2.36. The van der Waals surface area contributed by atoms with Crippen molar-refractivity contribution in [3.05, 3.63) is 28.4 Å². The second-order valence-electron chi connectivity index (χ2n) is 6.53. The maximum Gasteiger partial charge on any atom is 0.349 e. The number of rotatable bonds is 8. The van der Waals surface area contributed by atoms with Crippen LogP contribution in [0.1, 0.15) is 11.9 Å². The second-order valence-corrected chi connectivity index (χ2v) is 13.3. The summed E-state index contributed by atoms with van der Waals surface area (Å²) in [5.41, 5.74) is -0.363. The summed E-state index contributed by atoms with van der Waals surface area (Å²) in [5, 5.41) is 20.1. The second kappa shape index (κ2) is 8.78. The SMILES string of the molecule is Cc1ccn([C@@H]2O[C@H](COP(=O)(O)CP(=O)(O)CP(=O)(O)O)[C@@H](O)[C@H]2O)c(=O)n1. The van der Waals surface area contributed by atoms with Crippen LogP contribution in [0.5, 0.6) is 0 Å². The van der Waals surface area contributed by atoms with Crippen molar-refractivity contribution >= 4 is 22.6 Å². The lowest BCUT2D eigenvalue weighted by molar-refractivity contribution is -0.0524. The zero-order chi connectivity index (χ0) is 22.2. The van der Waals surface area contributed by atoms with E-state index in [-0.39, 0.29) is 0 Å². The highest BCUT2D eigenvalue weighted by molar-refractivity contribution is 7.79. The van der Waals surface area contributed by atoms with Crippen LogP contribution in [0.3, 0.4) is 0 Å². The standard InChI is InChI=1S/C12H21N2O12P3/c1-7-2-3-14(12(17)13-7)11-10(16)9(15)8(26-11)4-25-29(23,24)6-27(18,19)5-28(20,21)22/h2-3,8-11,15-16H,4-6H2,1H3,(H,18,19)(H,23,24)(H2,20,21,22)/t8-,9-,10-,11-/m1/s1. The van der Waals surface area contributed by atoms with Crippen LogP contribution >= 0.6 is 22.6 Å². The van der Waals surface area contributed by atoms with Gasteiger partial charge in [-0.05, 0) is 13.0 Å². The quantitative estimate of drug-likeness (QED) is 0.240. The smallest absolute Gasteiger partial charge is 0.349 e. The van der Waals surface area contributed by atoms with Gasteiger partial charge in [-0.2, -0.15) is 4.98 Å². The number of hydrogen-bond donors (Lipinski definition) is 6. The first-order valence-corrected chi connectivity index (χ1v) is 13.6. The van der Waals surface area contributed by atoms with Gasteiger partial charge in [0.1, 0.15) is 30.1 Å². The van der Waals surface area contributed by atoms with Gasteiger partial charge in [0.25, 0.3) is 0 Å². The molecule has 1 aromatic rings. The predicted octanol–water partition coefficient (Wildman–Crippen LogP) is -1.26. The fraction of sp³-hybridized carbons (Fsp3) is 0.667. The Morgan fingerprint density at radius 1 is 1.14 bits per heavy atom. The first-order chi connectivity index (χ1) is 13.1. The fourth-order valence-electron chi connectivity index (χ4n) is 2.63. The van der Waals surface area contributed by atoms with Crippen LogP contribution in [-0.4, -0.2) is 76.1 Å². The predicted molar refractivity (Wildman–Crippen MR) is 96.5 cm³/mol. The molecular weight excluding hydrogens is 457 g/mol. The van der Waals surface area contributed by atoms with Crippen LogP contribution in [0.2, 0.25) is 0 Å². The zero-order valence-corrected chi connectivity index (χ0v) is 17.6. The molecule has 0 aliphatic carbocycles. The summed E-state index contributed by atoms with van der Waals surface area (Å²) in [6.07, 6.45) is -4.72. The molecule has 6 N–H and O–H groups in total. The number of aromatic nitrogens is 2. The molecule has 2 rings (SSSR count). The Balaban J connectivity index is 2.05. The largest absolute Gasteiger partial charge is 0.387 e. The van der Waals surface area contributed by atoms with E-state index in [0.29, 0.717) is 5.69 Å². The van der Waals surface area contributed by atoms with Gasteiger partial charge in [-0.3, -0.25) is 18.3 Å². The van der Waals surface area contributed by atoms with Crippen LogP contribution in [0, 0.1) is 6.92 Å². The van der Waals surface area contributed by atoms with Gasteiger partial charge in [0, 0.05) is 11.9 Å². The topological polar surface area (TPSA) is 226 Å². The molecule has 6 atom stereocenters. The van der Waals surface area contributed by atoms with Crippen LogP contribution in [0.25, 0.3) is 0 Å². The van der Waals surface area contributed by atoms with Gasteiger partial charge in [-0.15, -0.1) is 0 Å². The molecule has 1 aliphatic heterocycles. The molecule has 0 saturated carbocycles. The number of aliphatic hydroxyl groups is 2. The molecule has 1 saturated heterocycles. The minimum atomic E-state index is -4.92. The highest BCUT2D eigenvalue weighted by Gasteiger charge is 2.46. The molecule has 0 bridgehead atoms. The highest BCUT2D eigenvalue weighted by Crippen LogP contribution is 2.63. The first-order valence-electron chi connectivity index (χ1n) is 7.99. The van der Waals surface area contributed by atoms with E-state index in [1.807, 2.05) is 0 Å². The van der Waals surface area contributed by atoms with Crippen molar-refractivity contribution in [3.8, 4) is 0 Å². The molecule has 2 unspecified atom stereocenters. The average molecular weight is 478 g/mol. The van der Waals surface area contributed by atoms with E-state index in [0.717, 1.165) is 4.57 Å². The zero-order valence-electron chi connectivity index (χ0n) is 15.0. The van der Waals surface area contributed by atoms with Gasteiger partial charge in [0.05, 0.1) is 6.61 Å². The van der Waals surface area contributed by atoms with Crippen molar-refractivity contribution in [2.75, 3.05) is 18.4 Å². The summed E-state index contributed by atoms with van der Waals surface area (Å²) in [7, 11) is -14.4. The van der Waals surface area contributed by atoms with Crippen molar-refractivity contribution in [2.45, 2.75) is 31.5 Å². The summed E-state index contributed by atoms with van der Waals surface area (Å²) < 4.78 is 45.4. The Morgan fingerprint density at radius 2 is 1.76 bits per heavy atom. The molecule has 166 valence electrons. The molecule has 1 fully saturated rings. The van der Waals surface area contributed by atoms with E-state index in [4.69, 9.17) is 14.5 Å². The number of ether oxygens (including phenoxy) is 1. The fourth-order valence-corrected chi connectivity index (χ4v) is 9.04. The lowest BCUT2D eigenvalue weighted by atomic mass is 10.1. The van der Waals surface area contributed by atoms with Crippen LogP contribution in [0.4, 0.5) is 0 Å². The minimum absolute atomic E-state index is 0.407. The third kappa shape index (κ3) is 6.88. The van der Waals surface area contributed by atoms with Crippen LogP contribution in [-0.2, 0) is 23.0 Å². The van der Waals surface area contributed by atoms with Crippen LogP contribution in [0.15, 0.2) is 17.1 Å². The highest BCUT2D eigenvalue weighted by atomic mass is 31.3. The van der Waals surface area contributed by atoms with Gasteiger partial charge in [-0.1, -0.05) is 0 Å². The normalized spacial score (nSPS) is 29.3. The number of aliphatic hydroxyl groups excluding tert-OH is 2. The number of aryl methyl sites for hydroxylation is 1. The summed E-state index contributed by atoms with van der Waals surface area (Å²) in [6, 6.07) is 1.45. The Labute approximate surface area is 163 Å². The van der Waals surface area contributed by atoms with Crippen molar-refractivity contribution < 1.29 is 52.7 Å². The summed E-state index contributed by atoms with van der Waals surface area (Å²) in [4.78, 5) is 52.3. The van der Waals surface area contributed by atoms with Crippen molar-refractivity contribution in [1.82, 2.24) is 9.55 Å². The van der Waals surface area contributed by atoms with Gasteiger partial charge in [-0.25, -0.2) is 4.79 Å². The maximum absolute atomic E-state index is 12.0. The first kappa shape index (κ1) is 24.5. The number of nitrogens with zero attached hydrogens (tertiary/aromatic N) is 2. The van der Waals surface area contributed by atoms with E-state index in [9.17, 15) is 38.5 Å². The molecule has 0 aromatic carbocycles. The van der Waals surface area contributed by atoms with Gasteiger partial charge in [0.2, 0.25) is 7.37 Å². The van der Waals surface area contributed by atoms with E-state index in [1.165, 1.54) is 12.3 Å². The monoisotopic (exact) mass is 478 g/mol. The molecular formula is C12H21N2O12P3.